The number of benzene rings is 2. The summed E-state index contributed by atoms with van der Waals surface area (Å²) in [6.45, 7) is 18.2. The number of amides is 1. The number of hydrogen-bond acceptors (Lipinski definition) is 12. The molecule has 1 aliphatic heterocycles. The van der Waals surface area contributed by atoms with Crippen molar-refractivity contribution in [2.24, 2.45) is 50.2 Å². The zero-order valence-electron chi connectivity index (χ0n) is 41.0. The van der Waals surface area contributed by atoms with Gasteiger partial charge in [-0.2, -0.15) is 0 Å². The molecular weight excluding hydrogens is 865 g/mol. The van der Waals surface area contributed by atoms with Crippen LogP contribution in [0.15, 0.2) is 85.9 Å². The smallest absolute Gasteiger partial charge is 0.457 e. The SMILES string of the molecule is Cc1oc(=O)oc1COC(=O)[C@]1(C)[C@@H](OC(=O)NCCN2CCOCC2)CC[C@@]2(C)[C@H]1CC[C@]1(C)[C@@H]2C(=O)C=C2[C@@H]3C[C@@](C)(C(=O)OC(c4ccccc4)c4ccccc4)CC[C@]3(C)CC[C@]21C. The number of hydrogen-bond donors (Lipinski definition) is 1. The first-order chi connectivity index (χ1) is 32.3. The van der Waals surface area contributed by atoms with E-state index in [1.54, 1.807) is 6.92 Å². The van der Waals surface area contributed by atoms with Gasteiger partial charge in [-0.25, -0.2) is 9.59 Å². The predicted octanol–water partition coefficient (Wildman–Crippen LogP) is 9.31. The van der Waals surface area contributed by atoms with Crippen LogP contribution in [0.1, 0.15) is 128 Å². The van der Waals surface area contributed by atoms with Crippen LogP contribution in [0.5, 0.6) is 0 Å². The summed E-state index contributed by atoms with van der Waals surface area (Å²) in [5, 5.41) is 2.91. The number of morpholine rings is 1. The van der Waals surface area contributed by atoms with Crippen LogP contribution < -0.4 is 11.1 Å². The minimum atomic E-state index is -1.35. The first-order valence-corrected chi connectivity index (χ1v) is 24.9. The third-order valence-corrected chi connectivity index (χ3v) is 18.8. The van der Waals surface area contributed by atoms with E-state index in [4.69, 9.17) is 27.8 Å². The average Bonchev–Trinajstić information content (AvgIpc) is 3.65. The molecule has 366 valence electrons. The summed E-state index contributed by atoms with van der Waals surface area (Å²) in [6.07, 6.45) is 6.10. The molecule has 13 heteroatoms. The molecule has 1 aromatic heterocycles. The van der Waals surface area contributed by atoms with Gasteiger partial charge in [0.2, 0.25) is 0 Å². The molecule has 2 heterocycles. The number of allylic oxidation sites excluding steroid dienone is 2. The Kier molecular flexibility index (Phi) is 12.8. The van der Waals surface area contributed by atoms with E-state index in [0.29, 0.717) is 64.8 Å². The molecule has 0 unspecified atom stereocenters. The molecular formula is C55H70N2O11. The number of rotatable bonds is 11. The van der Waals surface area contributed by atoms with E-state index in [2.05, 4.69) is 44.8 Å². The summed E-state index contributed by atoms with van der Waals surface area (Å²) in [5.41, 5.74) is -0.765. The Bertz CT molecular complexity index is 2440. The van der Waals surface area contributed by atoms with Gasteiger partial charge in [0.05, 0.1) is 18.6 Å². The lowest BCUT2D eigenvalue weighted by molar-refractivity contribution is -0.218. The highest BCUT2D eigenvalue weighted by molar-refractivity contribution is 5.96. The van der Waals surface area contributed by atoms with Gasteiger partial charge in [0, 0.05) is 32.1 Å². The van der Waals surface area contributed by atoms with Crippen LogP contribution in [0.4, 0.5) is 4.79 Å². The van der Waals surface area contributed by atoms with Crippen LogP contribution in [-0.2, 0) is 39.9 Å². The number of ether oxygens (including phenoxy) is 4. The molecule has 1 amide bonds. The van der Waals surface area contributed by atoms with E-state index in [1.807, 2.05) is 73.7 Å². The molecule has 0 radical (unpaired) electrons. The summed E-state index contributed by atoms with van der Waals surface area (Å²) in [5.74, 6) is -2.14. The van der Waals surface area contributed by atoms with Gasteiger partial charge in [0.25, 0.3) is 0 Å². The Morgan fingerprint density at radius 2 is 1.47 bits per heavy atom. The number of aryl methyl sites for hydroxylation is 1. The van der Waals surface area contributed by atoms with Crippen LogP contribution in [0.25, 0.3) is 0 Å². The lowest BCUT2D eigenvalue weighted by atomic mass is 9.33. The van der Waals surface area contributed by atoms with E-state index >= 15 is 4.79 Å². The van der Waals surface area contributed by atoms with Crippen molar-refractivity contribution < 1.29 is 47.0 Å². The molecule has 68 heavy (non-hydrogen) atoms. The van der Waals surface area contributed by atoms with Crippen LogP contribution in [0.3, 0.4) is 0 Å². The molecule has 5 fully saturated rings. The molecule has 1 saturated heterocycles. The second kappa shape index (κ2) is 18.1. The van der Waals surface area contributed by atoms with Crippen LogP contribution in [-0.4, -0.2) is 74.2 Å². The molecule has 0 bridgehead atoms. The van der Waals surface area contributed by atoms with Gasteiger partial charge in [-0.15, -0.1) is 0 Å². The van der Waals surface area contributed by atoms with E-state index in [0.717, 1.165) is 49.1 Å². The van der Waals surface area contributed by atoms with Crippen molar-refractivity contribution >= 4 is 23.8 Å². The second-order valence-electron chi connectivity index (χ2n) is 22.5. The molecule has 2 aromatic carbocycles. The fourth-order valence-electron chi connectivity index (χ4n) is 14.4. The molecule has 3 aromatic rings. The van der Waals surface area contributed by atoms with E-state index in [-0.39, 0.29) is 46.6 Å². The highest BCUT2D eigenvalue weighted by Gasteiger charge is 2.72. The number of carbonyl (C=O) groups is 4. The number of fused-ring (bicyclic) bond motifs is 7. The Morgan fingerprint density at radius 1 is 0.809 bits per heavy atom. The van der Waals surface area contributed by atoms with E-state index < -0.39 is 63.6 Å². The highest BCUT2D eigenvalue weighted by Crippen LogP contribution is 2.75. The summed E-state index contributed by atoms with van der Waals surface area (Å²) in [6, 6.07) is 19.8. The Morgan fingerprint density at radius 3 is 2.12 bits per heavy atom. The predicted molar refractivity (Wildman–Crippen MR) is 252 cm³/mol. The van der Waals surface area contributed by atoms with Crippen molar-refractivity contribution in [1.29, 1.82) is 0 Å². The number of nitrogens with one attached hydrogen (secondary N) is 1. The standard InChI is InChI=1S/C55H70N2O11/c1-35-41(66-49(62)65-35)34-64-47(60)55(7)42-18-21-54(6)45(52(42,4)20-19-43(55)67-48(61)56-26-27-57-28-30-63-31-29-57)40(58)32-38-39-33-51(3,23-22-50(39,2)24-25-53(38,54)5)46(59)68-44(36-14-10-8-11-15-36)37-16-12-9-13-17-37/h8-17,32,39,42-45H,18-31,33-34H2,1-7H3,(H,56,61)/t39-,42+,43-,45+,50+,51-,52-,53+,54+,55-/m0/s1. The topological polar surface area (TPSA) is 164 Å². The summed E-state index contributed by atoms with van der Waals surface area (Å²) in [4.78, 5) is 72.7. The lowest BCUT2D eigenvalue weighted by Gasteiger charge is -2.70. The lowest BCUT2D eigenvalue weighted by Crippen LogP contribution is -2.68. The minimum Gasteiger partial charge on any atom is -0.457 e. The quantitative estimate of drug-likeness (QED) is 0.143. The van der Waals surface area contributed by atoms with Gasteiger partial charge < -0.3 is 33.1 Å². The normalized spacial score (nSPS) is 35.7. The fourth-order valence-corrected chi connectivity index (χ4v) is 14.4. The zero-order chi connectivity index (χ0) is 48.3. The Balaban J connectivity index is 1.00. The monoisotopic (exact) mass is 934 g/mol. The molecule has 1 N–H and O–H groups in total. The average molecular weight is 935 g/mol. The van der Waals surface area contributed by atoms with Gasteiger partial charge in [0.15, 0.2) is 30.0 Å². The van der Waals surface area contributed by atoms with Crippen molar-refractivity contribution in [2.75, 3.05) is 39.4 Å². The fraction of sp³-hybridized carbons (Fsp3) is 0.618. The molecule has 13 nitrogen and oxygen atoms in total. The highest BCUT2D eigenvalue weighted by atomic mass is 16.6. The number of carbonyl (C=O) groups excluding carboxylic acids is 4. The second-order valence-corrected chi connectivity index (χ2v) is 22.5. The Hall–Kier alpha value is -5.01. The summed E-state index contributed by atoms with van der Waals surface area (Å²) >= 11 is 0. The van der Waals surface area contributed by atoms with Crippen molar-refractivity contribution in [2.45, 2.75) is 125 Å². The maximum absolute atomic E-state index is 15.4. The first-order valence-electron chi connectivity index (χ1n) is 24.9. The molecule has 5 aliphatic carbocycles. The molecule has 10 atom stereocenters. The first kappa shape index (κ1) is 48.0. The van der Waals surface area contributed by atoms with Gasteiger partial charge in [-0.05, 0) is 129 Å². The number of alkyl carbamates (subject to hydrolysis) is 1. The molecule has 6 aliphatic rings. The third kappa shape index (κ3) is 8.16. The van der Waals surface area contributed by atoms with Crippen LogP contribution in [0.2, 0.25) is 0 Å². The maximum atomic E-state index is 15.4. The number of nitrogens with zero attached hydrogens (tertiary/aromatic N) is 1. The zero-order valence-corrected chi connectivity index (χ0v) is 41.0. The van der Waals surface area contributed by atoms with E-state index in [9.17, 15) is 19.2 Å². The van der Waals surface area contributed by atoms with Crippen LogP contribution in [0, 0.1) is 57.2 Å². The van der Waals surface area contributed by atoms with Crippen LogP contribution >= 0.6 is 0 Å². The number of ketones is 1. The summed E-state index contributed by atoms with van der Waals surface area (Å²) in [7, 11) is 0. The maximum Gasteiger partial charge on any atom is 0.519 e. The van der Waals surface area contributed by atoms with Crippen molar-refractivity contribution in [3.05, 3.63) is 106 Å². The van der Waals surface area contributed by atoms with Gasteiger partial charge >= 0.3 is 23.9 Å². The number of esters is 2. The third-order valence-electron chi connectivity index (χ3n) is 18.8. The van der Waals surface area contributed by atoms with Gasteiger partial charge in [-0.3, -0.25) is 19.3 Å². The van der Waals surface area contributed by atoms with Crippen molar-refractivity contribution in [1.82, 2.24) is 10.2 Å². The largest absolute Gasteiger partial charge is 0.519 e. The molecule has 4 saturated carbocycles. The minimum absolute atomic E-state index is 0.00993. The Labute approximate surface area is 400 Å². The molecule has 9 rings (SSSR count). The van der Waals surface area contributed by atoms with Crippen molar-refractivity contribution in [3.63, 3.8) is 0 Å². The summed E-state index contributed by atoms with van der Waals surface area (Å²) < 4.78 is 34.6. The van der Waals surface area contributed by atoms with Gasteiger partial charge in [-0.1, -0.05) is 93.9 Å². The van der Waals surface area contributed by atoms with Gasteiger partial charge in [0.1, 0.15) is 11.5 Å². The van der Waals surface area contributed by atoms with Crippen molar-refractivity contribution in [3.8, 4) is 0 Å². The van der Waals surface area contributed by atoms with E-state index in [1.165, 1.54) is 0 Å². The molecule has 0 spiro atoms.